The molecule has 0 spiro atoms. The van der Waals surface area contributed by atoms with Crippen LogP contribution < -0.4 is 0 Å². The molecule has 1 heterocycles. The molecule has 3 aromatic carbocycles. The van der Waals surface area contributed by atoms with E-state index in [0.29, 0.717) is 5.56 Å². The SMILES string of the molecule is CCCc1c(I)c2ccccc2c2c1c1cc(C(=O)OC)ccc1n2C. The number of esters is 1. The van der Waals surface area contributed by atoms with Crippen molar-refractivity contribution in [3.8, 4) is 0 Å². The number of fused-ring (bicyclic) bond motifs is 5. The van der Waals surface area contributed by atoms with Gasteiger partial charge in [-0.1, -0.05) is 37.6 Å². The molecule has 4 heteroatoms. The van der Waals surface area contributed by atoms with E-state index in [1.165, 1.54) is 37.9 Å². The molecular formula is C22H20INO2. The van der Waals surface area contributed by atoms with Gasteiger partial charge in [0, 0.05) is 32.3 Å². The summed E-state index contributed by atoms with van der Waals surface area (Å²) < 4.78 is 8.49. The van der Waals surface area contributed by atoms with Crippen LogP contribution in [-0.4, -0.2) is 17.6 Å². The first-order valence-corrected chi connectivity index (χ1v) is 9.85. The second-order valence-electron chi connectivity index (χ2n) is 6.59. The third-order valence-corrected chi connectivity index (χ3v) is 6.34. The summed E-state index contributed by atoms with van der Waals surface area (Å²) in [5, 5.41) is 4.93. The average molecular weight is 457 g/mol. The summed E-state index contributed by atoms with van der Waals surface area (Å²) in [5.41, 5.74) is 4.34. The van der Waals surface area contributed by atoms with E-state index in [9.17, 15) is 4.79 Å². The zero-order valence-corrected chi connectivity index (χ0v) is 17.3. The fourth-order valence-corrected chi connectivity index (χ4v) is 4.96. The number of aryl methyl sites for hydroxylation is 2. The van der Waals surface area contributed by atoms with Gasteiger partial charge in [0.2, 0.25) is 0 Å². The van der Waals surface area contributed by atoms with Crippen molar-refractivity contribution < 1.29 is 9.53 Å². The second-order valence-corrected chi connectivity index (χ2v) is 7.67. The summed E-state index contributed by atoms with van der Waals surface area (Å²) in [4.78, 5) is 12.1. The van der Waals surface area contributed by atoms with Crippen molar-refractivity contribution in [2.75, 3.05) is 7.11 Å². The lowest BCUT2D eigenvalue weighted by Crippen LogP contribution is -2.00. The normalized spacial score (nSPS) is 11.5. The summed E-state index contributed by atoms with van der Waals surface area (Å²) in [6.45, 7) is 2.21. The Kier molecular flexibility index (Phi) is 4.39. The Labute approximate surface area is 166 Å². The van der Waals surface area contributed by atoms with E-state index in [1.807, 2.05) is 18.2 Å². The highest BCUT2D eigenvalue weighted by molar-refractivity contribution is 14.1. The predicted octanol–water partition coefficient (Wildman–Crippen LogP) is 5.83. The van der Waals surface area contributed by atoms with Crippen LogP contribution in [0.5, 0.6) is 0 Å². The number of aromatic nitrogens is 1. The number of rotatable bonds is 3. The highest BCUT2D eigenvalue weighted by Gasteiger charge is 2.19. The van der Waals surface area contributed by atoms with E-state index in [1.54, 1.807) is 0 Å². The van der Waals surface area contributed by atoms with Crippen LogP contribution in [-0.2, 0) is 18.2 Å². The van der Waals surface area contributed by atoms with Crippen LogP contribution in [0.25, 0.3) is 32.6 Å². The molecule has 0 unspecified atom stereocenters. The number of hydrogen-bond donors (Lipinski definition) is 0. The molecule has 0 amide bonds. The molecule has 0 aliphatic carbocycles. The molecule has 132 valence electrons. The van der Waals surface area contributed by atoms with Crippen molar-refractivity contribution in [2.24, 2.45) is 7.05 Å². The minimum Gasteiger partial charge on any atom is -0.465 e. The third-order valence-electron chi connectivity index (χ3n) is 5.11. The number of benzene rings is 3. The molecule has 1 aromatic heterocycles. The standard InChI is InChI=1S/C22H20INO2/c1-4-7-16-19-17-12-13(22(25)26-3)10-11-18(17)24(2)21(19)15-9-6-5-8-14(15)20(16)23/h5-6,8-12H,4,7H2,1-3H3. The molecule has 0 aliphatic rings. The zero-order valence-electron chi connectivity index (χ0n) is 15.1. The fourth-order valence-electron chi connectivity index (χ4n) is 3.95. The molecule has 0 N–H and O–H groups in total. The van der Waals surface area contributed by atoms with Gasteiger partial charge in [-0.2, -0.15) is 0 Å². The molecule has 0 bridgehead atoms. The van der Waals surface area contributed by atoms with Crippen molar-refractivity contribution in [1.82, 2.24) is 4.57 Å². The number of halogens is 1. The van der Waals surface area contributed by atoms with Crippen LogP contribution in [0.3, 0.4) is 0 Å². The number of nitrogens with zero attached hydrogens (tertiary/aromatic N) is 1. The average Bonchev–Trinajstić information content (AvgIpc) is 2.96. The third kappa shape index (κ3) is 2.42. The van der Waals surface area contributed by atoms with Gasteiger partial charge in [0.15, 0.2) is 0 Å². The number of methoxy groups -OCH3 is 1. The quantitative estimate of drug-likeness (QED) is 0.287. The fraction of sp³-hybridized carbons (Fsp3) is 0.227. The molecule has 0 atom stereocenters. The van der Waals surface area contributed by atoms with Gasteiger partial charge >= 0.3 is 5.97 Å². The number of ether oxygens (including phenoxy) is 1. The van der Waals surface area contributed by atoms with Crippen molar-refractivity contribution in [1.29, 1.82) is 0 Å². The molecule has 3 nitrogen and oxygen atoms in total. The van der Waals surface area contributed by atoms with Crippen LogP contribution in [0.2, 0.25) is 0 Å². The maximum Gasteiger partial charge on any atom is 0.337 e. The van der Waals surface area contributed by atoms with Gasteiger partial charge < -0.3 is 9.30 Å². The van der Waals surface area contributed by atoms with Crippen LogP contribution in [0, 0.1) is 3.57 Å². The first-order chi connectivity index (χ1) is 12.6. The van der Waals surface area contributed by atoms with Crippen LogP contribution in [0.1, 0.15) is 29.3 Å². The summed E-state index contributed by atoms with van der Waals surface area (Å²) in [5.74, 6) is -0.295. The van der Waals surface area contributed by atoms with E-state index >= 15 is 0 Å². The highest BCUT2D eigenvalue weighted by Crippen LogP contribution is 2.40. The lowest BCUT2D eigenvalue weighted by Gasteiger charge is -2.12. The monoisotopic (exact) mass is 457 g/mol. The zero-order chi connectivity index (χ0) is 18.4. The van der Waals surface area contributed by atoms with Gasteiger partial charge in [-0.3, -0.25) is 0 Å². The maximum absolute atomic E-state index is 12.1. The minimum absolute atomic E-state index is 0.295. The Bertz CT molecular complexity index is 1170. The minimum atomic E-state index is -0.295. The first kappa shape index (κ1) is 17.3. The van der Waals surface area contributed by atoms with Crippen LogP contribution in [0.4, 0.5) is 0 Å². The molecule has 0 fully saturated rings. The van der Waals surface area contributed by atoms with E-state index in [0.717, 1.165) is 23.7 Å². The molecule has 0 saturated heterocycles. The first-order valence-electron chi connectivity index (χ1n) is 8.78. The van der Waals surface area contributed by atoms with Gasteiger partial charge in [-0.25, -0.2) is 4.79 Å². The summed E-state index contributed by atoms with van der Waals surface area (Å²) in [6.07, 6.45) is 2.09. The maximum atomic E-state index is 12.1. The lowest BCUT2D eigenvalue weighted by molar-refractivity contribution is 0.0601. The molecule has 0 saturated carbocycles. The Morgan fingerprint density at radius 3 is 2.54 bits per heavy atom. The Balaban J connectivity index is 2.26. The number of carbonyl (C=O) groups is 1. The van der Waals surface area contributed by atoms with E-state index in [-0.39, 0.29) is 5.97 Å². The summed E-state index contributed by atoms with van der Waals surface area (Å²) in [6, 6.07) is 14.4. The Morgan fingerprint density at radius 2 is 1.85 bits per heavy atom. The molecule has 26 heavy (non-hydrogen) atoms. The predicted molar refractivity (Wildman–Crippen MR) is 116 cm³/mol. The van der Waals surface area contributed by atoms with Crippen molar-refractivity contribution >= 4 is 61.1 Å². The number of hydrogen-bond acceptors (Lipinski definition) is 2. The highest BCUT2D eigenvalue weighted by atomic mass is 127. The van der Waals surface area contributed by atoms with Gasteiger partial charge in [-0.15, -0.1) is 0 Å². The van der Waals surface area contributed by atoms with Crippen molar-refractivity contribution in [3.05, 3.63) is 57.2 Å². The van der Waals surface area contributed by atoms with Gasteiger partial charge in [0.1, 0.15) is 0 Å². The smallest absolute Gasteiger partial charge is 0.337 e. The van der Waals surface area contributed by atoms with Crippen molar-refractivity contribution in [3.63, 3.8) is 0 Å². The van der Waals surface area contributed by atoms with Gasteiger partial charge in [0.05, 0.1) is 18.2 Å². The molecular weight excluding hydrogens is 437 g/mol. The van der Waals surface area contributed by atoms with E-state index in [2.05, 4.69) is 65.4 Å². The van der Waals surface area contributed by atoms with Gasteiger partial charge in [0.25, 0.3) is 0 Å². The van der Waals surface area contributed by atoms with E-state index in [4.69, 9.17) is 4.74 Å². The topological polar surface area (TPSA) is 31.2 Å². The van der Waals surface area contributed by atoms with Crippen molar-refractivity contribution in [2.45, 2.75) is 19.8 Å². The molecule has 4 rings (SSSR count). The largest absolute Gasteiger partial charge is 0.465 e. The second kappa shape index (κ2) is 6.58. The van der Waals surface area contributed by atoms with E-state index < -0.39 is 0 Å². The van der Waals surface area contributed by atoms with Crippen LogP contribution in [0.15, 0.2) is 42.5 Å². The summed E-state index contributed by atoms with van der Waals surface area (Å²) in [7, 11) is 3.53. The Morgan fingerprint density at radius 1 is 1.12 bits per heavy atom. The Hall–Kier alpha value is -2.08. The molecule has 0 aliphatic heterocycles. The molecule has 4 aromatic rings. The van der Waals surface area contributed by atoms with Crippen LogP contribution >= 0.6 is 22.6 Å². The summed E-state index contributed by atoms with van der Waals surface area (Å²) >= 11 is 2.48. The number of carbonyl (C=O) groups excluding carboxylic acids is 1. The van der Waals surface area contributed by atoms with Gasteiger partial charge in [-0.05, 0) is 58.2 Å². The molecule has 0 radical (unpaired) electrons. The lowest BCUT2D eigenvalue weighted by atomic mass is 9.97.